The number of nitrogens with zero attached hydrogens (tertiary/aromatic N) is 1. The quantitative estimate of drug-likeness (QED) is 0.132. The number of para-hydroxylation sites is 1. The lowest BCUT2D eigenvalue weighted by atomic mass is 9.73. The van der Waals surface area contributed by atoms with Gasteiger partial charge in [0.15, 0.2) is 0 Å². The summed E-state index contributed by atoms with van der Waals surface area (Å²) >= 11 is 0. The second kappa shape index (κ2) is 20.4. The summed E-state index contributed by atoms with van der Waals surface area (Å²) in [5, 5.41) is 0. The number of benzene rings is 7. The summed E-state index contributed by atoms with van der Waals surface area (Å²) in [6.45, 7) is 14.2. The Morgan fingerprint density at radius 1 is 0.449 bits per heavy atom. The van der Waals surface area contributed by atoms with Crippen molar-refractivity contribution < 1.29 is 0 Å². The van der Waals surface area contributed by atoms with Crippen molar-refractivity contribution in [3.63, 3.8) is 0 Å². The highest BCUT2D eigenvalue weighted by Crippen LogP contribution is 2.54. The van der Waals surface area contributed by atoms with Crippen LogP contribution < -0.4 is 4.90 Å². The first-order valence-electron chi connectivity index (χ1n) is 27.2. The average Bonchev–Trinajstić information content (AvgIpc) is 3.62. The molecule has 7 aromatic rings. The Balaban J connectivity index is 1.08. The summed E-state index contributed by atoms with van der Waals surface area (Å²) < 4.78 is 0. The van der Waals surface area contributed by atoms with E-state index in [1.807, 2.05) is 0 Å². The van der Waals surface area contributed by atoms with Crippen LogP contribution in [0.3, 0.4) is 0 Å². The van der Waals surface area contributed by atoms with Crippen LogP contribution in [0.15, 0.2) is 164 Å². The predicted molar refractivity (Wildman–Crippen MR) is 297 cm³/mol. The van der Waals surface area contributed by atoms with E-state index in [1.54, 1.807) is 11.1 Å². The van der Waals surface area contributed by atoms with E-state index in [1.165, 1.54) is 163 Å². The Hall–Kier alpha value is -5.66. The smallest absolute Gasteiger partial charge is 0.0540 e. The van der Waals surface area contributed by atoms with Gasteiger partial charge in [0.05, 0.1) is 5.69 Å². The van der Waals surface area contributed by atoms with E-state index in [2.05, 4.69) is 210 Å². The molecule has 2 fully saturated rings. The maximum Gasteiger partial charge on any atom is 0.0540 e. The molecular formula is C68H77N. The zero-order valence-electron chi connectivity index (χ0n) is 42.7. The normalized spacial score (nSPS) is 21.8. The minimum atomic E-state index is -0.322. The lowest BCUT2D eigenvalue weighted by Gasteiger charge is -2.32. The number of rotatable bonds is 10. The van der Waals surface area contributed by atoms with Gasteiger partial charge in [-0.05, 0) is 153 Å². The summed E-state index contributed by atoms with van der Waals surface area (Å²) in [5.41, 5.74) is 19.7. The van der Waals surface area contributed by atoms with Crippen molar-refractivity contribution in [2.24, 2.45) is 11.8 Å². The molecule has 2 saturated carbocycles. The van der Waals surface area contributed by atoms with Crippen molar-refractivity contribution >= 4 is 17.1 Å². The lowest BCUT2D eigenvalue weighted by Crippen LogP contribution is -2.23. The maximum atomic E-state index is 2.69. The Morgan fingerprint density at radius 3 is 1.55 bits per heavy atom. The molecule has 0 N–H and O–H groups in total. The van der Waals surface area contributed by atoms with Crippen LogP contribution in [-0.2, 0) is 10.8 Å². The van der Waals surface area contributed by atoms with Crippen LogP contribution in [0.2, 0.25) is 0 Å². The summed E-state index contributed by atoms with van der Waals surface area (Å²) in [4.78, 5) is 2.52. The van der Waals surface area contributed by atoms with Gasteiger partial charge in [-0.15, -0.1) is 0 Å². The molecule has 0 amide bonds. The Bertz CT molecular complexity index is 2760. The lowest BCUT2D eigenvalue weighted by molar-refractivity contribution is 0.347. The molecule has 1 heteroatoms. The van der Waals surface area contributed by atoms with E-state index in [0.29, 0.717) is 11.8 Å². The van der Waals surface area contributed by atoms with E-state index >= 15 is 0 Å². The molecule has 0 aromatic heterocycles. The minimum absolute atomic E-state index is 0.0884. The summed E-state index contributed by atoms with van der Waals surface area (Å²) in [6, 6.07) is 63.3. The molecule has 3 aliphatic carbocycles. The van der Waals surface area contributed by atoms with E-state index < -0.39 is 0 Å². The second-order valence-corrected chi connectivity index (χ2v) is 22.5. The number of fused-ring (bicyclic) bond motifs is 3. The summed E-state index contributed by atoms with van der Waals surface area (Å²) in [6.07, 6.45) is 19.0. The Kier molecular flexibility index (Phi) is 13.9. The van der Waals surface area contributed by atoms with Gasteiger partial charge in [-0.2, -0.15) is 0 Å². The van der Waals surface area contributed by atoms with Gasteiger partial charge in [-0.3, -0.25) is 0 Å². The third-order valence-corrected chi connectivity index (χ3v) is 17.3. The molecule has 0 saturated heterocycles. The van der Waals surface area contributed by atoms with Gasteiger partial charge < -0.3 is 4.90 Å². The molecule has 0 heterocycles. The van der Waals surface area contributed by atoms with E-state index in [0.717, 1.165) is 11.8 Å². The van der Waals surface area contributed by atoms with Crippen LogP contribution in [0.1, 0.15) is 177 Å². The Labute approximate surface area is 416 Å². The summed E-state index contributed by atoms with van der Waals surface area (Å²) in [7, 11) is 0. The van der Waals surface area contributed by atoms with Crippen molar-refractivity contribution in [1.29, 1.82) is 0 Å². The number of hydrogen-bond acceptors (Lipinski definition) is 1. The molecule has 10 rings (SSSR count). The molecule has 69 heavy (non-hydrogen) atoms. The van der Waals surface area contributed by atoms with Gasteiger partial charge >= 0.3 is 0 Å². The topological polar surface area (TPSA) is 3.24 Å². The maximum absolute atomic E-state index is 2.69. The molecule has 0 spiro atoms. The molecule has 0 bridgehead atoms. The van der Waals surface area contributed by atoms with Crippen LogP contribution in [0, 0.1) is 11.8 Å². The molecule has 0 radical (unpaired) electrons. The SMILES string of the molecule is CCC1CCCC(c2cc(-c3ccc(N(c4ccc5c(c4)C(C)(c4ccc(C(C)(C)C)cc4)c4ccccc4-5)c4ccccc4-c4ccccc4)cc3)cc(C3CCCC(CC)CCC3)c2)CCC1. The summed E-state index contributed by atoms with van der Waals surface area (Å²) in [5.74, 6) is 3.13. The van der Waals surface area contributed by atoms with Gasteiger partial charge in [-0.25, -0.2) is 0 Å². The second-order valence-electron chi connectivity index (χ2n) is 22.5. The van der Waals surface area contributed by atoms with Crippen LogP contribution in [0.5, 0.6) is 0 Å². The predicted octanol–water partition coefficient (Wildman–Crippen LogP) is 20.1. The fourth-order valence-corrected chi connectivity index (χ4v) is 13.0. The third-order valence-electron chi connectivity index (χ3n) is 17.3. The monoisotopic (exact) mass is 908 g/mol. The van der Waals surface area contributed by atoms with Gasteiger partial charge in [0.2, 0.25) is 0 Å². The van der Waals surface area contributed by atoms with Crippen molar-refractivity contribution in [3.05, 3.63) is 197 Å². The molecule has 354 valence electrons. The fourth-order valence-electron chi connectivity index (χ4n) is 13.0. The zero-order valence-corrected chi connectivity index (χ0v) is 42.7. The zero-order chi connectivity index (χ0) is 47.5. The van der Waals surface area contributed by atoms with Crippen LogP contribution in [0.25, 0.3) is 33.4 Å². The highest BCUT2D eigenvalue weighted by atomic mass is 15.1. The molecule has 0 aliphatic heterocycles. The third kappa shape index (κ3) is 9.65. The van der Waals surface area contributed by atoms with Gasteiger partial charge in [0.1, 0.15) is 0 Å². The van der Waals surface area contributed by atoms with Crippen LogP contribution in [0.4, 0.5) is 17.1 Å². The van der Waals surface area contributed by atoms with Crippen molar-refractivity contribution in [2.45, 2.75) is 154 Å². The Morgan fingerprint density at radius 2 is 0.971 bits per heavy atom. The van der Waals surface area contributed by atoms with Crippen molar-refractivity contribution in [2.75, 3.05) is 4.90 Å². The molecule has 1 atom stereocenters. The number of anilines is 3. The first-order chi connectivity index (χ1) is 33.6. The number of hydrogen-bond donors (Lipinski definition) is 0. The van der Waals surface area contributed by atoms with Gasteiger partial charge in [-0.1, -0.05) is 232 Å². The van der Waals surface area contributed by atoms with Gasteiger partial charge in [0, 0.05) is 22.4 Å². The highest BCUT2D eigenvalue weighted by molar-refractivity contribution is 5.91. The van der Waals surface area contributed by atoms with Crippen LogP contribution in [-0.4, -0.2) is 0 Å². The molecule has 3 aliphatic rings. The van der Waals surface area contributed by atoms with Crippen molar-refractivity contribution in [1.82, 2.24) is 0 Å². The highest BCUT2D eigenvalue weighted by Gasteiger charge is 2.41. The first-order valence-corrected chi connectivity index (χ1v) is 27.2. The van der Waals surface area contributed by atoms with Crippen LogP contribution >= 0.6 is 0 Å². The fraction of sp³-hybridized carbons (Fsp3) is 0.382. The van der Waals surface area contributed by atoms with Gasteiger partial charge in [0.25, 0.3) is 0 Å². The van der Waals surface area contributed by atoms with E-state index in [9.17, 15) is 0 Å². The largest absolute Gasteiger partial charge is 0.310 e. The molecule has 7 aromatic carbocycles. The van der Waals surface area contributed by atoms with E-state index in [-0.39, 0.29) is 10.8 Å². The molecular weight excluding hydrogens is 831 g/mol. The first kappa shape index (κ1) is 47.0. The van der Waals surface area contributed by atoms with E-state index in [4.69, 9.17) is 0 Å². The standard InChI is InChI=1S/C68H77N/c1-7-48-20-16-26-50(27-17-21-48)54-44-55(51-28-18-22-49(8-2)23-19-29-51)46-56(45-54)52-34-40-59(41-35-52)69(66-33-15-13-30-61(66)53-24-10-9-11-25-53)60-42-43-63-62-31-12-14-32-64(62)68(6,65(63)47-60)58-38-36-57(37-39-58)67(3,4)5/h9-15,24-25,30-51H,7-8,16-23,26-29H2,1-6H3. The molecule has 1 unspecified atom stereocenters. The molecule has 1 nitrogen and oxygen atoms in total. The van der Waals surface area contributed by atoms with Crippen molar-refractivity contribution in [3.8, 4) is 33.4 Å². The minimum Gasteiger partial charge on any atom is -0.310 e. The average molecular weight is 908 g/mol.